The summed E-state index contributed by atoms with van der Waals surface area (Å²) in [5, 5.41) is 0.593. The van der Waals surface area contributed by atoms with E-state index in [0.29, 0.717) is 22.2 Å². The second kappa shape index (κ2) is 6.68. The van der Waals surface area contributed by atoms with E-state index in [2.05, 4.69) is 4.98 Å². The third-order valence-corrected chi connectivity index (χ3v) is 3.76. The number of aromatic nitrogens is 1. The summed E-state index contributed by atoms with van der Waals surface area (Å²) in [7, 11) is 0. The number of rotatable bonds is 4. The minimum atomic E-state index is -1.05. The molecule has 0 aliphatic carbocycles. The number of nitrogens with two attached hydrogens (primary N) is 1. The first kappa shape index (κ1) is 16.6. The highest BCUT2D eigenvalue weighted by atomic mass is 19.1. The molecular formula is C19H15FN2O3. The number of amides is 1. The number of primary amides is 1. The lowest BCUT2D eigenvalue weighted by Crippen LogP contribution is -2.30. The Balaban J connectivity index is 2.11. The summed E-state index contributed by atoms with van der Waals surface area (Å²) in [6.07, 6.45) is -1.05. The summed E-state index contributed by atoms with van der Waals surface area (Å²) >= 11 is 0. The normalized spacial score (nSPS) is 11.9. The van der Waals surface area contributed by atoms with Gasteiger partial charge in [-0.2, -0.15) is 0 Å². The van der Waals surface area contributed by atoms with E-state index in [9.17, 15) is 14.0 Å². The lowest BCUT2D eigenvalue weighted by atomic mass is 10.0. The monoisotopic (exact) mass is 338 g/mol. The van der Waals surface area contributed by atoms with E-state index in [4.69, 9.17) is 10.5 Å². The Morgan fingerprint density at radius 2 is 1.80 bits per heavy atom. The number of hydrogen-bond donors (Lipinski definition) is 1. The van der Waals surface area contributed by atoms with Gasteiger partial charge in [0.05, 0.1) is 16.8 Å². The Labute approximate surface area is 143 Å². The second-order valence-electron chi connectivity index (χ2n) is 5.53. The maximum absolute atomic E-state index is 13.1. The average Bonchev–Trinajstić information content (AvgIpc) is 2.61. The Kier molecular flexibility index (Phi) is 4.43. The van der Waals surface area contributed by atoms with Gasteiger partial charge in [-0.1, -0.05) is 18.2 Å². The molecule has 25 heavy (non-hydrogen) atoms. The largest absolute Gasteiger partial charge is 0.449 e. The molecule has 1 unspecified atom stereocenters. The molecule has 5 nitrogen and oxygen atoms in total. The molecule has 0 fully saturated rings. The van der Waals surface area contributed by atoms with E-state index in [-0.39, 0.29) is 11.4 Å². The molecule has 0 aliphatic heterocycles. The quantitative estimate of drug-likeness (QED) is 0.741. The summed E-state index contributed by atoms with van der Waals surface area (Å²) in [6.45, 7) is 1.41. The lowest BCUT2D eigenvalue weighted by molar-refractivity contribution is -0.125. The third-order valence-electron chi connectivity index (χ3n) is 3.76. The van der Waals surface area contributed by atoms with Crippen molar-refractivity contribution in [1.82, 2.24) is 4.98 Å². The number of carbonyl (C=O) groups excluding carboxylic acids is 2. The third kappa shape index (κ3) is 3.47. The molecule has 0 bridgehead atoms. The SMILES string of the molecule is CC(OC(=O)c1cc(-c2ccc(F)cc2)nc2ccccc12)C(N)=O. The van der Waals surface area contributed by atoms with Crippen LogP contribution in [-0.4, -0.2) is 23.0 Å². The maximum atomic E-state index is 13.1. The van der Waals surface area contributed by atoms with E-state index in [1.807, 2.05) is 0 Å². The van der Waals surface area contributed by atoms with Crippen LogP contribution in [0.2, 0.25) is 0 Å². The van der Waals surface area contributed by atoms with Crippen LogP contribution in [0.15, 0.2) is 54.6 Å². The van der Waals surface area contributed by atoms with Gasteiger partial charge in [-0.05, 0) is 43.3 Å². The molecule has 0 aliphatic rings. The van der Waals surface area contributed by atoms with Crippen molar-refractivity contribution in [1.29, 1.82) is 0 Å². The number of carbonyl (C=O) groups is 2. The molecule has 1 atom stereocenters. The maximum Gasteiger partial charge on any atom is 0.339 e. The van der Waals surface area contributed by atoms with Crippen molar-refractivity contribution in [3.05, 3.63) is 66.0 Å². The first-order valence-electron chi connectivity index (χ1n) is 7.62. The van der Waals surface area contributed by atoms with Crippen molar-refractivity contribution in [2.75, 3.05) is 0 Å². The number of pyridine rings is 1. The smallest absolute Gasteiger partial charge is 0.339 e. The molecule has 0 saturated heterocycles. The molecule has 0 spiro atoms. The molecule has 0 radical (unpaired) electrons. The molecule has 0 saturated carbocycles. The zero-order chi connectivity index (χ0) is 18.0. The number of halogens is 1. The standard InChI is InChI=1S/C19H15FN2O3/c1-11(18(21)23)25-19(24)15-10-17(12-6-8-13(20)9-7-12)22-16-5-3-2-4-14(15)16/h2-11H,1H3,(H2,21,23). The van der Waals surface area contributed by atoms with Gasteiger partial charge in [-0.3, -0.25) is 4.79 Å². The van der Waals surface area contributed by atoms with Gasteiger partial charge >= 0.3 is 5.97 Å². The molecule has 1 amide bonds. The van der Waals surface area contributed by atoms with Gasteiger partial charge in [0.2, 0.25) is 0 Å². The Morgan fingerprint density at radius 1 is 1.12 bits per heavy atom. The minimum absolute atomic E-state index is 0.262. The van der Waals surface area contributed by atoms with Crippen LogP contribution < -0.4 is 5.73 Å². The van der Waals surface area contributed by atoms with Gasteiger partial charge < -0.3 is 10.5 Å². The number of para-hydroxylation sites is 1. The van der Waals surface area contributed by atoms with Crippen molar-refractivity contribution >= 4 is 22.8 Å². The predicted octanol–water partition coefficient (Wildman–Crippen LogP) is 3.07. The molecule has 6 heteroatoms. The second-order valence-corrected chi connectivity index (χ2v) is 5.53. The van der Waals surface area contributed by atoms with Gasteiger partial charge in [0.25, 0.3) is 5.91 Å². The van der Waals surface area contributed by atoms with Crippen LogP contribution in [0.4, 0.5) is 4.39 Å². The highest BCUT2D eigenvalue weighted by Crippen LogP contribution is 2.26. The number of nitrogens with zero attached hydrogens (tertiary/aromatic N) is 1. The van der Waals surface area contributed by atoms with Crippen LogP contribution in [0.3, 0.4) is 0 Å². The van der Waals surface area contributed by atoms with Gasteiger partial charge in [-0.25, -0.2) is 14.2 Å². The van der Waals surface area contributed by atoms with Gasteiger partial charge in [0, 0.05) is 10.9 Å². The predicted molar refractivity (Wildman–Crippen MR) is 91.2 cm³/mol. The minimum Gasteiger partial charge on any atom is -0.449 e. The van der Waals surface area contributed by atoms with Crippen molar-refractivity contribution in [3.63, 3.8) is 0 Å². The number of esters is 1. The zero-order valence-corrected chi connectivity index (χ0v) is 13.4. The van der Waals surface area contributed by atoms with Crippen molar-refractivity contribution in [2.24, 2.45) is 5.73 Å². The summed E-state index contributed by atoms with van der Waals surface area (Å²) in [5.74, 6) is -1.77. The molecule has 2 N–H and O–H groups in total. The van der Waals surface area contributed by atoms with Crippen LogP contribution in [0.25, 0.3) is 22.2 Å². The molecule has 126 valence electrons. The van der Waals surface area contributed by atoms with E-state index < -0.39 is 18.0 Å². The fourth-order valence-corrected chi connectivity index (χ4v) is 2.39. The van der Waals surface area contributed by atoms with Crippen LogP contribution >= 0.6 is 0 Å². The Morgan fingerprint density at radius 3 is 2.48 bits per heavy atom. The number of fused-ring (bicyclic) bond motifs is 1. The van der Waals surface area contributed by atoms with E-state index in [1.165, 1.54) is 19.1 Å². The highest BCUT2D eigenvalue weighted by molar-refractivity contribution is 6.05. The average molecular weight is 338 g/mol. The first-order chi connectivity index (χ1) is 12.0. The van der Waals surface area contributed by atoms with Crippen molar-refractivity contribution in [2.45, 2.75) is 13.0 Å². The van der Waals surface area contributed by atoms with Crippen LogP contribution in [0.1, 0.15) is 17.3 Å². The van der Waals surface area contributed by atoms with Gasteiger partial charge in [-0.15, -0.1) is 0 Å². The number of benzene rings is 2. The Hall–Kier alpha value is -3.28. The van der Waals surface area contributed by atoms with Gasteiger partial charge in [0.1, 0.15) is 5.82 Å². The molecule has 2 aromatic carbocycles. The van der Waals surface area contributed by atoms with Crippen molar-refractivity contribution in [3.8, 4) is 11.3 Å². The fourth-order valence-electron chi connectivity index (χ4n) is 2.39. The zero-order valence-electron chi connectivity index (χ0n) is 13.4. The van der Waals surface area contributed by atoms with E-state index in [0.717, 1.165) is 0 Å². The summed E-state index contributed by atoms with van der Waals surface area (Å²) in [5.41, 5.74) is 7.15. The molecule has 3 rings (SSSR count). The molecule has 1 aromatic heterocycles. The van der Waals surface area contributed by atoms with Crippen LogP contribution in [0.5, 0.6) is 0 Å². The molecular weight excluding hydrogens is 323 g/mol. The van der Waals surface area contributed by atoms with Crippen molar-refractivity contribution < 1.29 is 18.7 Å². The lowest BCUT2D eigenvalue weighted by Gasteiger charge is -2.12. The summed E-state index contributed by atoms with van der Waals surface area (Å²) < 4.78 is 18.3. The number of hydrogen-bond acceptors (Lipinski definition) is 4. The summed E-state index contributed by atoms with van der Waals surface area (Å²) in [6, 6.07) is 14.4. The fraction of sp³-hybridized carbons (Fsp3) is 0.105. The summed E-state index contributed by atoms with van der Waals surface area (Å²) in [4.78, 5) is 28.2. The molecule has 3 aromatic rings. The molecule has 1 heterocycles. The topological polar surface area (TPSA) is 82.3 Å². The Bertz CT molecular complexity index is 955. The van der Waals surface area contributed by atoms with Crippen LogP contribution in [0, 0.1) is 5.82 Å². The van der Waals surface area contributed by atoms with Gasteiger partial charge in [0.15, 0.2) is 6.10 Å². The highest BCUT2D eigenvalue weighted by Gasteiger charge is 2.19. The number of ether oxygens (including phenoxy) is 1. The first-order valence-corrected chi connectivity index (χ1v) is 7.62. The van der Waals surface area contributed by atoms with E-state index >= 15 is 0 Å². The van der Waals surface area contributed by atoms with E-state index in [1.54, 1.807) is 42.5 Å². The van der Waals surface area contributed by atoms with Crippen LogP contribution in [-0.2, 0) is 9.53 Å².